The highest BCUT2D eigenvalue weighted by atomic mass is 16.7. The average molecular weight is 410 g/mol. The summed E-state index contributed by atoms with van der Waals surface area (Å²) in [5, 5.41) is 6.05. The van der Waals surface area contributed by atoms with Crippen molar-refractivity contribution in [3.05, 3.63) is 40.8 Å². The van der Waals surface area contributed by atoms with Crippen LogP contribution in [-0.4, -0.2) is 57.2 Å². The van der Waals surface area contributed by atoms with Crippen LogP contribution in [-0.2, 0) is 27.9 Å². The molecule has 0 radical (unpaired) electrons. The number of aromatic nitrogens is 3. The number of hydrogen-bond donors (Lipinski definition) is 0. The third kappa shape index (κ3) is 3.20. The van der Waals surface area contributed by atoms with Crippen LogP contribution in [0.5, 0.6) is 0 Å². The van der Waals surface area contributed by atoms with Crippen LogP contribution >= 0.6 is 0 Å². The summed E-state index contributed by atoms with van der Waals surface area (Å²) in [7, 11) is 1.66. The van der Waals surface area contributed by atoms with Gasteiger partial charge in [-0.25, -0.2) is 4.68 Å². The first-order chi connectivity index (χ1) is 14.6. The molecule has 0 saturated carbocycles. The van der Waals surface area contributed by atoms with E-state index in [0.717, 1.165) is 29.1 Å². The van der Waals surface area contributed by atoms with E-state index in [9.17, 15) is 9.59 Å². The molecule has 1 spiro atoms. The average Bonchev–Trinajstić information content (AvgIpc) is 3.34. The molecule has 158 valence electrons. The summed E-state index contributed by atoms with van der Waals surface area (Å²) in [5.74, 6) is -0.313. The third-order valence-electron chi connectivity index (χ3n) is 6.33. The van der Waals surface area contributed by atoms with Crippen molar-refractivity contribution in [1.29, 1.82) is 0 Å². The molecule has 1 amide bonds. The van der Waals surface area contributed by atoms with E-state index in [2.05, 4.69) is 5.10 Å². The van der Waals surface area contributed by atoms with Gasteiger partial charge in [-0.05, 0) is 12.5 Å². The van der Waals surface area contributed by atoms with Crippen molar-refractivity contribution in [1.82, 2.24) is 19.2 Å². The van der Waals surface area contributed by atoms with Crippen molar-refractivity contribution in [3.63, 3.8) is 0 Å². The lowest BCUT2D eigenvalue weighted by atomic mass is 10.0. The van der Waals surface area contributed by atoms with Gasteiger partial charge in [-0.2, -0.15) is 5.10 Å². The van der Waals surface area contributed by atoms with Gasteiger partial charge in [0.25, 0.3) is 5.56 Å². The fraction of sp³-hybridized carbons (Fsp3) is 0.500. The first kappa shape index (κ1) is 19.3. The Bertz CT molecular complexity index is 1150. The van der Waals surface area contributed by atoms with E-state index in [1.807, 2.05) is 33.7 Å². The maximum absolute atomic E-state index is 12.8. The second-order valence-corrected chi connectivity index (χ2v) is 8.10. The molecule has 8 nitrogen and oxygen atoms in total. The van der Waals surface area contributed by atoms with Gasteiger partial charge in [0.1, 0.15) is 5.52 Å². The molecule has 2 fully saturated rings. The number of para-hydroxylation sites is 1. The van der Waals surface area contributed by atoms with Crippen LogP contribution in [0.1, 0.15) is 25.7 Å². The van der Waals surface area contributed by atoms with Crippen molar-refractivity contribution in [3.8, 4) is 0 Å². The van der Waals surface area contributed by atoms with Gasteiger partial charge in [0.2, 0.25) is 5.91 Å². The van der Waals surface area contributed by atoms with Crippen LogP contribution in [0.15, 0.2) is 35.3 Å². The number of benzene rings is 1. The van der Waals surface area contributed by atoms with E-state index in [1.54, 1.807) is 13.2 Å². The molecule has 0 unspecified atom stereocenters. The highest BCUT2D eigenvalue weighted by molar-refractivity contribution is 6.07. The topological polar surface area (TPSA) is 78.6 Å². The van der Waals surface area contributed by atoms with Crippen LogP contribution in [0, 0.1) is 0 Å². The lowest BCUT2D eigenvalue weighted by molar-refractivity contribution is -0.187. The monoisotopic (exact) mass is 410 g/mol. The van der Waals surface area contributed by atoms with Gasteiger partial charge in [0.15, 0.2) is 5.79 Å². The molecular formula is C22H26N4O4. The number of aryl methyl sites for hydroxylation is 2. The summed E-state index contributed by atoms with van der Waals surface area (Å²) in [4.78, 5) is 27.4. The van der Waals surface area contributed by atoms with Crippen molar-refractivity contribution in [2.75, 3.05) is 26.3 Å². The van der Waals surface area contributed by atoms with Crippen LogP contribution in [0.25, 0.3) is 21.8 Å². The van der Waals surface area contributed by atoms with Crippen LogP contribution in [0.2, 0.25) is 0 Å². The Morgan fingerprint density at radius 1 is 1.13 bits per heavy atom. The minimum absolute atomic E-state index is 0.118. The molecule has 4 heterocycles. The minimum atomic E-state index is -0.464. The maximum Gasteiger partial charge on any atom is 0.291 e. The molecule has 0 N–H and O–H groups in total. The predicted molar refractivity (Wildman–Crippen MR) is 112 cm³/mol. The fourth-order valence-electron chi connectivity index (χ4n) is 4.70. The SMILES string of the molecule is Cn1ncc2c3ccccc3n(CCCC(=O)N3CCC4(CC3)OCCO4)c2c1=O. The molecule has 3 aromatic rings. The Hall–Kier alpha value is -2.71. The number of piperidine rings is 1. The lowest BCUT2D eigenvalue weighted by Crippen LogP contribution is -2.47. The number of likely N-dealkylation sites (tertiary alicyclic amines) is 1. The van der Waals surface area contributed by atoms with Crippen molar-refractivity contribution in [2.45, 2.75) is 38.0 Å². The van der Waals surface area contributed by atoms with Gasteiger partial charge in [-0.3, -0.25) is 9.59 Å². The van der Waals surface area contributed by atoms with E-state index in [4.69, 9.17) is 9.47 Å². The van der Waals surface area contributed by atoms with Crippen LogP contribution in [0.3, 0.4) is 0 Å². The van der Waals surface area contributed by atoms with E-state index in [1.165, 1.54) is 4.68 Å². The molecule has 30 heavy (non-hydrogen) atoms. The quantitative estimate of drug-likeness (QED) is 0.658. The molecule has 1 aromatic carbocycles. The summed E-state index contributed by atoms with van der Waals surface area (Å²) in [5.41, 5.74) is 1.53. The molecule has 2 aromatic heterocycles. The number of rotatable bonds is 4. The number of nitrogens with zero attached hydrogens (tertiary/aromatic N) is 4. The summed E-state index contributed by atoms with van der Waals surface area (Å²) in [6, 6.07) is 7.96. The van der Waals surface area contributed by atoms with Gasteiger partial charge < -0.3 is 18.9 Å². The minimum Gasteiger partial charge on any atom is -0.347 e. The third-order valence-corrected chi connectivity index (χ3v) is 6.33. The Kier molecular flexibility index (Phi) is 4.83. The standard InChI is InChI=1S/C22H26N4O4/c1-24-21(28)20-17(15-23-24)16-5-2-3-6-18(16)26(20)10-4-7-19(27)25-11-8-22(9-12-25)29-13-14-30-22/h2-3,5-6,15H,4,7-14H2,1H3. The molecule has 2 aliphatic rings. The highest BCUT2D eigenvalue weighted by Gasteiger charge is 2.40. The first-order valence-corrected chi connectivity index (χ1v) is 10.6. The van der Waals surface area contributed by atoms with Gasteiger partial charge in [0, 0.05) is 62.2 Å². The molecule has 0 aliphatic carbocycles. The second kappa shape index (κ2) is 7.52. The number of hydrogen-bond acceptors (Lipinski definition) is 5. The summed E-state index contributed by atoms with van der Waals surface area (Å²) in [6.45, 7) is 3.23. The predicted octanol–water partition coefficient (Wildman–Crippen LogP) is 2.03. The Balaban J connectivity index is 1.30. The van der Waals surface area contributed by atoms with Gasteiger partial charge in [0.05, 0.1) is 19.4 Å². The summed E-state index contributed by atoms with van der Waals surface area (Å²) < 4.78 is 14.9. The maximum atomic E-state index is 12.8. The number of carbonyl (C=O) groups excluding carboxylic acids is 1. The lowest BCUT2D eigenvalue weighted by Gasteiger charge is -2.37. The van der Waals surface area contributed by atoms with Crippen LogP contribution in [0.4, 0.5) is 0 Å². The molecule has 5 rings (SSSR count). The number of carbonyl (C=O) groups is 1. The molecule has 2 aliphatic heterocycles. The summed E-state index contributed by atoms with van der Waals surface area (Å²) in [6.07, 6.45) is 4.33. The second-order valence-electron chi connectivity index (χ2n) is 8.10. The normalized spacial score (nSPS) is 18.6. The molecule has 2 saturated heterocycles. The summed E-state index contributed by atoms with van der Waals surface area (Å²) >= 11 is 0. The molecular weight excluding hydrogens is 384 g/mol. The van der Waals surface area contributed by atoms with Crippen molar-refractivity contribution >= 4 is 27.7 Å². The zero-order chi connectivity index (χ0) is 20.7. The Labute approximate surface area is 174 Å². The van der Waals surface area contributed by atoms with Gasteiger partial charge in [-0.15, -0.1) is 0 Å². The fourth-order valence-corrected chi connectivity index (χ4v) is 4.70. The molecule has 0 atom stereocenters. The molecule has 0 bridgehead atoms. The van der Waals surface area contributed by atoms with Gasteiger partial charge >= 0.3 is 0 Å². The molecule has 8 heteroatoms. The Morgan fingerprint density at radius 2 is 1.87 bits per heavy atom. The number of fused-ring (bicyclic) bond motifs is 3. The van der Waals surface area contributed by atoms with E-state index >= 15 is 0 Å². The zero-order valence-corrected chi connectivity index (χ0v) is 17.2. The van der Waals surface area contributed by atoms with E-state index < -0.39 is 5.79 Å². The van der Waals surface area contributed by atoms with Gasteiger partial charge in [-0.1, -0.05) is 18.2 Å². The first-order valence-electron chi connectivity index (χ1n) is 10.6. The van der Waals surface area contributed by atoms with Crippen LogP contribution < -0.4 is 5.56 Å². The van der Waals surface area contributed by atoms with E-state index in [0.29, 0.717) is 51.2 Å². The van der Waals surface area contributed by atoms with Crippen molar-refractivity contribution in [2.24, 2.45) is 7.05 Å². The van der Waals surface area contributed by atoms with Crippen molar-refractivity contribution < 1.29 is 14.3 Å². The van der Waals surface area contributed by atoms with E-state index in [-0.39, 0.29) is 11.5 Å². The zero-order valence-electron chi connectivity index (χ0n) is 17.2. The largest absolute Gasteiger partial charge is 0.347 e. The number of ether oxygens (including phenoxy) is 2. The number of amides is 1. The Morgan fingerprint density at radius 3 is 2.63 bits per heavy atom. The smallest absolute Gasteiger partial charge is 0.291 e. The highest BCUT2D eigenvalue weighted by Crippen LogP contribution is 2.31.